The number of rotatable bonds is 10. The molecule has 7 N–H and O–H groups in total. The van der Waals surface area contributed by atoms with Crippen molar-refractivity contribution in [3.63, 3.8) is 0 Å². The van der Waals surface area contributed by atoms with Gasteiger partial charge in [0.15, 0.2) is 0 Å². The van der Waals surface area contributed by atoms with Gasteiger partial charge in [-0.3, -0.25) is 33.4 Å². The van der Waals surface area contributed by atoms with E-state index in [2.05, 4.69) is 35.5 Å². The molecule has 0 bridgehead atoms. The standard InChI is InChI=1S/C31H36N5O8P/c1-15(2)19-10-17-5-8-23(35-28(38)24-13-20-11-18(6-7-22(20)34-24)31(41)45(42,43)44)30(40)36-25(14-21(12-19)27(17)36)29(39)33-16(3)4-9-26(32)37/h6-7,10-13,15-16,23,25,34H,4-5,8-9,14H2,1-3H3,(H2,32,37)(H,33,39)(H,35,38)(H2,42,43,44)/t16-,23+,25+/m1/s1. The number of benzene rings is 2. The van der Waals surface area contributed by atoms with Crippen LogP contribution in [0.3, 0.4) is 0 Å². The van der Waals surface area contributed by atoms with Crippen LogP contribution in [0, 0.1) is 0 Å². The molecule has 3 aromatic rings. The van der Waals surface area contributed by atoms with E-state index in [4.69, 9.17) is 5.73 Å². The highest BCUT2D eigenvalue weighted by Gasteiger charge is 2.44. The third kappa shape index (κ3) is 6.56. The van der Waals surface area contributed by atoms with Gasteiger partial charge in [0.25, 0.3) is 11.4 Å². The second-order valence-electron chi connectivity index (χ2n) is 12.1. The number of nitrogens with zero attached hydrogens (tertiary/aromatic N) is 1. The third-order valence-corrected chi connectivity index (χ3v) is 9.15. The number of H-pyrrole nitrogens is 1. The number of amides is 4. The summed E-state index contributed by atoms with van der Waals surface area (Å²) < 4.78 is 11.4. The number of carbonyl (C=O) groups is 5. The Morgan fingerprint density at radius 3 is 2.47 bits per heavy atom. The first-order valence-electron chi connectivity index (χ1n) is 14.8. The summed E-state index contributed by atoms with van der Waals surface area (Å²) in [4.78, 5) is 87.3. The maximum absolute atomic E-state index is 14.1. The normalized spacial score (nSPS) is 18.4. The zero-order chi connectivity index (χ0) is 32.8. The molecule has 5 rings (SSSR count). The minimum Gasteiger partial charge on any atom is -0.370 e. The molecule has 0 saturated carbocycles. The van der Waals surface area contributed by atoms with E-state index in [1.165, 1.54) is 29.2 Å². The number of anilines is 1. The van der Waals surface area contributed by atoms with Gasteiger partial charge in [0.05, 0.1) is 5.69 Å². The quantitative estimate of drug-likeness (QED) is 0.181. The van der Waals surface area contributed by atoms with E-state index in [1.807, 2.05) is 6.07 Å². The first-order chi connectivity index (χ1) is 21.1. The Balaban J connectivity index is 1.41. The summed E-state index contributed by atoms with van der Waals surface area (Å²) in [7, 11) is -4.99. The summed E-state index contributed by atoms with van der Waals surface area (Å²) in [6.07, 6.45) is 1.55. The number of carbonyl (C=O) groups excluding carboxylic acids is 5. The van der Waals surface area contributed by atoms with E-state index in [1.54, 1.807) is 6.92 Å². The van der Waals surface area contributed by atoms with Crippen LogP contribution in [0.5, 0.6) is 0 Å². The number of nitrogens with two attached hydrogens (primary N) is 1. The van der Waals surface area contributed by atoms with Crippen molar-refractivity contribution < 1.29 is 38.3 Å². The van der Waals surface area contributed by atoms with Gasteiger partial charge >= 0.3 is 7.60 Å². The van der Waals surface area contributed by atoms with Crippen molar-refractivity contribution in [2.45, 2.75) is 76.9 Å². The van der Waals surface area contributed by atoms with Crippen LogP contribution in [0.4, 0.5) is 5.69 Å². The highest BCUT2D eigenvalue weighted by atomic mass is 31.2. The molecular formula is C31H36N5O8P. The van der Waals surface area contributed by atoms with Crippen molar-refractivity contribution in [2.24, 2.45) is 5.73 Å². The monoisotopic (exact) mass is 637 g/mol. The first-order valence-corrected chi connectivity index (χ1v) is 16.4. The molecule has 3 atom stereocenters. The lowest BCUT2D eigenvalue weighted by atomic mass is 9.93. The van der Waals surface area contributed by atoms with Gasteiger partial charge in [-0.15, -0.1) is 0 Å². The highest BCUT2D eigenvalue weighted by molar-refractivity contribution is 7.70. The van der Waals surface area contributed by atoms with Gasteiger partial charge in [-0.05, 0) is 73.1 Å². The molecule has 0 radical (unpaired) electrons. The Labute approximate surface area is 259 Å². The van der Waals surface area contributed by atoms with Gasteiger partial charge in [-0.25, -0.2) is 0 Å². The fourth-order valence-electron chi connectivity index (χ4n) is 5.99. The Bertz CT molecular complexity index is 1780. The van der Waals surface area contributed by atoms with Crippen LogP contribution in [0.2, 0.25) is 0 Å². The average molecular weight is 638 g/mol. The SMILES string of the molecule is CC(C)c1cc2c3c(c1)C[C@@H](C(=O)N[C@H](C)CCC(N)=O)N3C(=O)[C@@H](NC(=O)c1cc3cc(C(=O)P(=O)(O)O)ccc3[nH]1)CC2. The zero-order valence-corrected chi connectivity index (χ0v) is 26.0. The van der Waals surface area contributed by atoms with Gasteiger partial charge in [0.1, 0.15) is 17.8 Å². The number of nitrogens with one attached hydrogen (secondary N) is 3. The molecule has 2 aliphatic rings. The molecule has 14 heteroatoms. The van der Waals surface area contributed by atoms with Crippen LogP contribution in [-0.4, -0.2) is 62.0 Å². The van der Waals surface area contributed by atoms with E-state index in [0.29, 0.717) is 42.3 Å². The Morgan fingerprint density at radius 2 is 1.80 bits per heavy atom. The summed E-state index contributed by atoms with van der Waals surface area (Å²) in [5, 5.41) is 6.10. The predicted molar refractivity (Wildman–Crippen MR) is 166 cm³/mol. The summed E-state index contributed by atoms with van der Waals surface area (Å²) in [5.41, 5.74) is 7.87. The van der Waals surface area contributed by atoms with Gasteiger partial charge in [0, 0.05) is 35.3 Å². The van der Waals surface area contributed by atoms with Crippen LogP contribution < -0.4 is 21.3 Å². The number of fused-ring (bicyclic) bond motifs is 1. The Morgan fingerprint density at radius 1 is 1.09 bits per heavy atom. The summed E-state index contributed by atoms with van der Waals surface area (Å²) in [6.45, 7) is 5.91. The van der Waals surface area contributed by atoms with Crippen molar-refractivity contribution in [1.29, 1.82) is 0 Å². The van der Waals surface area contributed by atoms with Crippen LogP contribution in [0.1, 0.15) is 83.5 Å². The minimum atomic E-state index is -4.99. The number of aromatic amines is 1. The molecule has 0 unspecified atom stereocenters. The second kappa shape index (κ2) is 12.2. The van der Waals surface area contributed by atoms with Crippen molar-refractivity contribution in [2.75, 3.05) is 4.90 Å². The van der Waals surface area contributed by atoms with Gasteiger partial charge < -0.3 is 31.1 Å². The Kier molecular flexibility index (Phi) is 8.72. The predicted octanol–water partition coefficient (Wildman–Crippen LogP) is 2.38. The lowest BCUT2D eigenvalue weighted by Crippen LogP contribution is -2.55. The molecule has 2 aromatic carbocycles. The number of hydrogen-bond donors (Lipinski definition) is 6. The number of hydrogen-bond acceptors (Lipinski definition) is 6. The molecule has 13 nitrogen and oxygen atoms in total. The molecule has 1 aromatic heterocycles. The van der Waals surface area contributed by atoms with Gasteiger partial charge in [0.2, 0.25) is 17.7 Å². The summed E-state index contributed by atoms with van der Waals surface area (Å²) >= 11 is 0. The lowest BCUT2D eigenvalue weighted by molar-refractivity contribution is -0.127. The van der Waals surface area contributed by atoms with E-state index in [-0.39, 0.29) is 35.5 Å². The van der Waals surface area contributed by atoms with Crippen LogP contribution >= 0.6 is 7.60 Å². The maximum atomic E-state index is 14.1. The summed E-state index contributed by atoms with van der Waals surface area (Å²) in [6, 6.07) is 7.34. The average Bonchev–Trinajstić information content (AvgIpc) is 3.55. The van der Waals surface area contributed by atoms with Gasteiger partial charge in [-0.2, -0.15) is 0 Å². The minimum absolute atomic E-state index is 0.0853. The van der Waals surface area contributed by atoms with Crippen molar-refractivity contribution in [3.05, 3.63) is 64.3 Å². The molecule has 0 saturated heterocycles. The number of aryl methyl sites for hydroxylation is 1. The van der Waals surface area contributed by atoms with Crippen LogP contribution in [0.15, 0.2) is 36.4 Å². The molecule has 0 fully saturated rings. The number of aromatic nitrogens is 1. The number of primary amides is 1. The molecule has 238 valence electrons. The smallest absolute Gasteiger partial charge is 0.370 e. The van der Waals surface area contributed by atoms with Crippen molar-refractivity contribution >= 4 is 53.3 Å². The molecule has 0 aliphatic carbocycles. The van der Waals surface area contributed by atoms with Crippen molar-refractivity contribution in [1.82, 2.24) is 15.6 Å². The largest absolute Gasteiger partial charge is 0.396 e. The molecule has 2 aliphatic heterocycles. The Hall–Kier alpha value is -4.32. The molecule has 4 amide bonds. The topological polar surface area (TPSA) is 212 Å². The molecule has 3 heterocycles. The third-order valence-electron chi connectivity index (χ3n) is 8.36. The zero-order valence-electron chi connectivity index (χ0n) is 25.1. The van der Waals surface area contributed by atoms with Crippen LogP contribution in [0.25, 0.3) is 10.9 Å². The van der Waals surface area contributed by atoms with E-state index in [9.17, 15) is 38.3 Å². The molecule has 0 spiro atoms. The van der Waals surface area contributed by atoms with E-state index in [0.717, 1.165) is 16.7 Å². The summed E-state index contributed by atoms with van der Waals surface area (Å²) in [5.74, 6) is -1.63. The second-order valence-corrected chi connectivity index (χ2v) is 13.6. The molecular weight excluding hydrogens is 601 g/mol. The van der Waals surface area contributed by atoms with Gasteiger partial charge in [-0.1, -0.05) is 26.0 Å². The van der Waals surface area contributed by atoms with E-state index < -0.39 is 42.9 Å². The van der Waals surface area contributed by atoms with E-state index >= 15 is 0 Å². The van der Waals surface area contributed by atoms with Crippen molar-refractivity contribution in [3.8, 4) is 0 Å². The fourth-order valence-corrected chi connectivity index (χ4v) is 6.47. The first kappa shape index (κ1) is 32.1. The molecule has 45 heavy (non-hydrogen) atoms. The lowest BCUT2D eigenvalue weighted by Gasteiger charge is -2.28. The highest BCUT2D eigenvalue weighted by Crippen LogP contribution is 2.42. The maximum Gasteiger partial charge on any atom is 0.396 e. The van der Waals surface area contributed by atoms with Crippen LogP contribution in [-0.2, 0) is 31.8 Å². The fraction of sp³-hybridized carbons (Fsp3) is 0.387.